The fourth-order valence-electron chi connectivity index (χ4n) is 1.33. The van der Waals surface area contributed by atoms with E-state index in [4.69, 9.17) is 5.11 Å². The van der Waals surface area contributed by atoms with Crippen molar-refractivity contribution in [1.29, 1.82) is 0 Å². The summed E-state index contributed by atoms with van der Waals surface area (Å²) in [6, 6.07) is 5.19. The number of hydrogen-bond acceptors (Lipinski definition) is 3. The Morgan fingerprint density at radius 3 is 2.74 bits per heavy atom. The van der Waals surface area contributed by atoms with Crippen LogP contribution in [0.2, 0.25) is 0 Å². The van der Waals surface area contributed by atoms with E-state index in [1.54, 1.807) is 18.2 Å². The molecule has 1 unspecified atom stereocenters. The Labute approximate surface area is 125 Å². The lowest BCUT2D eigenvalue weighted by atomic mass is 10.2. The van der Waals surface area contributed by atoms with Gasteiger partial charge in [-0.1, -0.05) is 6.92 Å². The van der Waals surface area contributed by atoms with E-state index in [0.717, 1.165) is 11.3 Å². The van der Waals surface area contributed by atoms with Gasteiger partial charge in [0.05, 0.1) is 11.3 Å². The first-order valence-electron chi connectivity index (χ1n) is 5.89. The predicted molar refractivity (Wildman–Crippen MR) is 79.7 cm³/mol. The van der Waals surface area contributed by atoms with Crippen molar-refractivity contribution in [2.45, 2.75) is 31.2 Å². The van der Waals surface area contributed by atoms with Crippen LogP contribution in [0, 0.1) is 0 Å². The number of nitrogens with one attached hydrogen (secondary N) is 1. The van der Waals surface area contributed by atoms with Gasteiger partial charge in [0.1, 0.15) is 0 Å². The van der Waals surface area contributed by atoms with Crippen molar-refractivity contribution in [2.24, 2.45) is 0 Å². The summed E-state index contributed by atoms with van der Waals surface area (Å²) in [6.45, 7) is 3.96. The molecule has 2 N–H and O–H groups in total. The number of rotatable bonds is 6. The van der Waals surface area contributed by atoms with Crippen molar-refractivity contribution < 1.29 is 14.7 Å². The zero-order valence-corrected chi connectivity index (χ0v) is 13.2. The van der Waals surface area contributed by atoms with Crippen molar-refractivity contribution in [3.8, 4) is 0 Å². The molecule has 1 aromatic carbocycles. The second-order valence-electron chi connectivity index (χ2n) is 4.11. The highest BCUT2D eigenvalue weighted by Crippen LogP contribution is 2.24. The molecule has 0 bridgehead atoms. The van der Waals surface area contributed by atoms with Crippen LogP contribution in [0.5, 0.6) is 0 Å². The maximum absolute atomic E-state index is 11.6. The summed E-state index contributed by atoms with van der Waals surface area (Å²) in [5, 5.41) is 11.9. The summed E-state index contributed by atoms with van der Waals surface area (Å²) in [4.78, 5) is 23.4. The van der Waals surface area contributed by atoms with Gasteiger partial charge >= 0.3 is 5.97 Å². The number of carboxylic acid groups (broad SMARTS) is 1. The summed E-state index contributed by atoms with van der Waals surface area (Å²) in [6.07, 6.45) is 0.887. The van der Waals surface area contributed by atoms with Gasteiger partial charge in [-0.25, -0.2) is 4.79 Å². The van der Waals surface area contributed by atoms with Crippen LogP contribution in [-0.2, 0) is 4.79 Å². The minimum Gasteiger partial charge on any atom is -0.478 e. The first-order chi connectivity index (χ1) is 8.93. The largest absolute Gasteiger partial charge is 0.478 e. The Morgan fingerprint density at radius 2 is 2.16 bits per heavy atom. The molecule has 0 aliphatic heterocycles. The fourth-order valence-corrected chi connectivity index (χ4v) is 2.49. The Balaban J connectivity index is 2.61. The third-order valence-electron chi connectivity index (χ3n) is 2.56. The molecule has 0 spiro atoms. The number of benzene rings is 1. The van der Waals surface area contributed by atoms with Crippen LogP contribution in [0.1, 0.15) is 30.6 Å². The molecule has 1 aromatic rings. The lowest BCUT2D eigenvalue weighted by Gasteiger charge is -2.11. The van der Waals surface area contributed by atoms with Crippen molar-refractivity contribution in [1.82, 2.24) is 5.32 Å². The topological polar surface area (TPSA) is 66.4 Å². The highest BCUT2D eigenvalue weighted by Gasteiger charge is 2.11. The van der Waals surface area contributed by atoms with E-state index in [2.05, 4.69) is 21.2 Å². The molecule has 0 aromatic heterocycles. The SMILES string of the molecule is CCC(C)NC(=O)CSc1ccc(Br)c(C(=O)O)c1. The van der Waals surface area contributed by atoms with E-state index in [1.807, 2.05) is 13.8 Å². The van der Waals surface area contributed by atoms with E-state index in [9.17, 15) is 9.59 Å². The molecule has 6 heteroatoms. The number of carboxylic acids is 1. The molecule has 0 aliphatic carbocycles. The molecule has 0 heterocycles. The van der Waals surface area contributed by atoms with Gasteiger partial charge in [0.15, 0.2) is 0 Å². The first-order valence-corrected chi connectivity index (χ1v) is 7.67. The zero-order chi connectivity index (χ0) is 14.4. The Kier molecular flexibility index (Phi) is 6.37. The van der Waals surface area contributed by atoms with Crippen LogP contribution in [0.3, 0.4) is 0 Å². The summed E-state index contributed by atoms with van der Waals surface area (Å²) >= 11 is 4.51. The van der Waals surface area contributed by atoms with Gasteiger partial charge in [0.25, 0.3) is 0 Å². The van der Waals surface area contributed by atoms with Crippen LogP contribution >= 0.6 is 27.7 Å². The standard InChI is InChI=1S/C13H16BrNO3S/c1-3-8(2)15-12(16)7-19-9-4-5-11(14)10(6-9)13(17)18/h4-6,8H,3,7H2,1-2H3,(H,15,16)(H,17,18). The van der Waals surface area contributed by atoms with Crippen LogP contribution in [-0.4, -0.2) is 28.8 Å². The second kappa shape index (κ2) is 7.55. The van der Waals surface area contributed by atoms with E-state index >= 15 is 0 Å². The molecule has 1 atom stereocenters. The Morgan fingerprint density at radius 1 is 1.47 bits per heavy atom. The minimum absolute atomic E-state index is 0.0425. The Bertz CT molecular complexity index is 479. The van der Waals surface area contributed by atoms with E-state index in [0.29, 0.717) is 4.47 Å². The average Bonchev–Trinajstić information content (AvgIpc) is 2.37. The maximum Gasteiger partial charge on any atom is 0.336 e. The molecule has 4 nitrogen and oxygen atoms in total. The third kappa shape index (κ3) is 5.24. The quantitative estimate of drug-likeness (QED) is 0.777. The van der Waals surface area contributed by atoms with Crippen molar-refractivity contribution in [3.05, 3.63) is 28.2 Å². The second-order valence-corrected chi connectivity index (χ2v) is 6.02. The fraction of sp³-hybridized carbons (Fsp3) is 0.385. The Hall–Kier alpha value is -1.01. The molecule has 0 saturated carbocycles. The number of aromatic carboxylic acids is 1. The van der Waals surface area contributed by atoms with Gasteiger partial charge in [-0.3, -0.25) is 4.79 Å². The number of carbonyl (C=O) groups excluding carboxylic acids is 1. The lowest BCUT2D eigenvalue weighted by molar-refractivity contribution is -0.119. The molecule has 1 amide bonds. The number of thioether (sulfide) groups is 1. The normalized spacial score (nSPS) is 11.9. The van der Waals surface area contributed by atoms with Crippen molar-refractivity contribution in [2.75, 3.05) is 5.75 Å². The lowest BCUT2D eigenvalue weighted by Crippen LogP contribution is -2.33. The van der Waals surface area contributed by atoms with Gasteiger partial charge in [-0.15, -0.1) is 11.8 Å². The van der Waals surface area contributed by atoms with Crippen molar-refractivity contribution in [3.63, 3.8) is 0 Å². The molecule has 0 fully saturated rings. The summed E-state index contributed by atoms with van der Waals surface area (Å²) < 4.78 is 0.536. The average molecular weight is 346 g/mol. The summed E-state index contributed by atoms with van der Waals surface area (Å²) in [5.41, 5.74) is 0.201. The number of hydrogen-bond donors (Lipinski definition) is 2. The van der Waals surface area contributed by atoms with Crippen molar-refractivity contribution >= 4 is 39.6 Å². The van der Waals surface area contributed by atoms with E-state index in [-0.39, 0.29) is 23.3 Å². The summed E-state index contributed by atoms with van der Waals surface area (Å²) in [7, 11) is 0. The molecule has 0 saturated heterocycles. The van der Waals surface area contributed by atoms with Crippen LogP contribution < -0.4 is 5.32 Å². The van der Waals surface area contributed by atoms with Crippen LogP contribution in [0.4, 0.5) is 0 Å². The predicted octanol–water partition coefficient (Wildman–Crippen LogP) is 3.15. The van der Waals surface area contributed by atoms with Crippen LogP contribution in [0.15, 0.2) is 27.6 Å². The maximum atomic E-state index is 11.6. The van der Waals surface area contributed by atoms with Gasteiger partial charge in [-0.2, -0.15) is 0 Å². The molecule has 0 radical (unpaired) electrons. The highest BCUT2D eigenvalue weighted by molar-refractivity contribution is 9.10. The zero-order valence-electron chi connectivity index (χ0n) is 10.8. The smallest absolute Gasteiger partial charge is 0.336 e. The first kappa shape index (κ1) is 16.0. The molecule has 1 rings (SSSR count). The molecular formula is C13H16BrNO3S. The molecular weight excluding hydrogens is 330 g/mol. The van der Waals surface area contributed by atoms with Gasteiger partial charge in [0.2, 0.25) is 5.91 Å². The number of carbonyl (C=O) groups is 2. The van der Waals surface area contributed by atoms with Gasteiger partial charge < -0.3 is 10.4 Å². The number of halogens is 1. The van der Waals surface area contributed by atoms with E-state index < -0.39 is 5.97 Å². The van der Waals surface area contributed by atoms with Gasteiger partial charge in [-0.05, 0) is 47.5 Å². The van der Waals surface area contributed by atoms with Gasteiger partial charge in [0, 0.05) is 15.4 Å². The highest BCUT2D eigenvalue weighted by atomic mass is 79.9. The third-order valence-corrected chi connectivity index (χ3v) is 4.24. The summed E-state index contributed by atoms with van der Waals surface area (Å²) in [5.74, 6) is -0.747. The monoisotopic (exact) mass is 345 g/mol. The molecule has 19 heavy (non-hydrogen) atoms. The molecule has 104 valence electrons. The van der Waals surface area contributed by atoms with E-state index in [1.165, 1.54) is 11.8 Å². The minimum atomic E-state index is -0.988. The molecule has 0 aliphatic rings. The number of amides is 1. The van der Waals surface area contributed by atoms with Crippen LogP contribution in [0.25, 0.3) is 0 Å².